The summed E-state index contributed by atoms with van der Waals surface area (Å²) < 4.78 is 0. The minimum Gasteiger partial charge on any atom is -0.328 e. The molecule has 3 rings (SSSR count). The van der Waals surface area contributed by atoms with Gasteiger partial charge in [-0.05, 0) is 42.8 Å². The molecule has 6 heteroatoms. The van der Waals surface area contributed by atoms with Crippen LogP contribution in [0.15, 0.2) is 41.8 Å². The van der Waals surface area contributed by atoms with E-state index in [9.17, 15) is 9.59 Å². The highest BCUT2D eigenvalue weighted by Crippen LogP contribution is 2.27. The first-order valence-corrected chi connectivity index (χ1v) is 8.97. The monoisotopic (exact) mass is 343 g/mol. The molecule has 24 heavy (non-hydrogen) atoms. The van der Waals surface area contributed by atoms with Gasteiger partial charge in [0.25, 0.3) is 0 Å². The molecule has 1 aromatic heterocycles. The predicted molar refractivity (Wildman–Crippen MR) is 97.0 cm³/mol. The molecule has 0 spiro atoms. The molecule has 0 radical (unpaired) electrons. The van der Waals surface area contributed by atoms with Gasteiger partial charge in [0.15, 0.2) is 0 Å². The van der Waals surface area contributed by atoms with Crippen molar-refractivity contribution in [1.29, 1.82) is 0 Å². The molecule has 0 aliphatic heterocycles. The number of hydrogen-bond acceptors (Lipinski definition) is 4. The molecule has 0 bridgehead atoms. The summed E-state index contributed by atoms with van der Waals surface area (Å²) in [4.78, 5) is 25.6. The second-order valence-corrected chi connectivity index (χ2v) is 7.14. The van der Waals surface area contributed by atoms with E-state index in [1.54, 1.807) is 23.5 Å². The largest absolute Gasteiger partial charge is 0.328 e. The maximum atomic E-state index is 12.4. The van der Waals surface area contributed by atoms with Crippen LogP contribution in [0.2, 0.25) is 0 Å². The molecule has 4 N–H and O–H groups in total. The molecule has 1 saturated carbocycles. The van der Waals surface area contributed by atoms with Gasteiger partial charge in [-0.15, -0.1) is 11.3 Å². The van der Waals surface area contributed by atoms with E-state index in [1.165, 1.54) is 0 Å². The quantitative estimate of drug-likeness (QED) is 0.780. The number of rotatable bonds is 5. The number of carbonyl (C=O) groups excluding carboxylic acids is 2. The SMILES string of the molecule is NC1CCC(C(=O)Nc2ccccc2NC(=O)Cc2cccs2)C1. The molecule has 2 amide bonds. The van der Waals surface area contributed by atoms with E-state index in [0.717, 1.165) is 24.1 Å². The van der Waals surface area contributed by atoms with Gasteiger partial charge in [-0.3, -0.25) is 9.59 Å². The van der Waals surface area contributed by atoms with Crippen LogP contribution in [-0.2, 0) is 16.0 Å². The van der Waals surface area contributed by atoms with Crippen molar-refractivity contribution in [2.45, 2.75) is 31.7 Å². The molecule has 1 aliphatic carbocycles. The average molecular weight is 343 g/mol. The first-order chi connectivity index (χ1) is 11.6. The lowest BCUT2D eigenvalue weighted by Gasteiger charge is -2.15. The van der Waals surface area contributed by atoms with Crippen molar-refractivity contribution < 1.29 is 9.59 Å². The number of thiophene rings is 1. The van der Waals surface area contributed by atoms with E-state index >= 15 is 0 Å². The highest BCUT2D eigenvalue weighted by atomic mass is 32.1. The molecule has 1 heterocycles. The Morgan fingerprint density at radius 3 is 2.46 bits per heavy atom. The zero-order valence-electron chi connectivity index (χ0n) is 13.3. The van der Waals surface area contributed by atoms with Crippen molar-refractivity contribution in [3.05, 3.63) is 46.7 Å². The number of carbonyl (C=O) groups is 2. The van der Waals surface area contributed by atoms with Gasteiger partial charge >= 0.3 is 0 Å². The number of anilines is 2. The second-order valence-electron chi connectivity index (χ2n) is 6.11. The fourth-order valence-electron chi connectivity index (χ4n) is 2.96. The van der Waals surface area contributed by atoms with Crippen LogP contribution in [-0.4, -0.2) is 17.9 Å². The van der Waals surface area contributed by atoms with Gasteiger partial charge in [0.05, 0.1) is 17.8 Å². The number of nitrogens with one attached hydrogen (secondary N) is 2. The average Bonchev–Trinajstić information content (AvgIpc) is 3.21. The topological polar surface area (TPSA) is 84.2 Å². The zero-order chi connectivity index (χ0) is 16.9. The van der Waals surface area contributed by atoms with E-state index in [1.807, 2.05) is 29.6 Å². The Morgan fingerprint density at radius 2 is 1.83 bits per heavy atom. The van der Waals surface area contributed by atoms with Crippen molar-refractivity contribution in [3.8, 4) is 0 Å². The molecule has 2 atom stereocenters. The maximum absolute atomic E-state index is 12.4. The molecule has 0 saturated heterocycles. The summed E-state index contributed by atoms with van der Waals surface area (Å²) in [5.74, 6) is -0.167. The molecular formula is C18H21N3O2S. The highest BCUT2D eigenvalue weighted by molar-refractivity contribution is 7.10. The summed E-state index contributed by atoms with van der Waals surface area (Å²) in [7, 11) is 0. The van der Waals surface area contributed by atoms with Gasteiger partial charge in [0.1, 0.15) is 0 Å². The molecular weight excluding hydrogens is 322 g/mol. The Kier molecular flexibility index (Phi) is 5.27. The number of hydrogen-bond donors (Lipinski definition) is 3. The maximum Gasteiger partial charge on any atom is 0.229 e. The molecule has 126 valence electrons. The van der Waals surface area contributed by atoms with Crippen LogP contribution in [0.5, 0.6) is 0 Å². The third kappa shape index (κ3) is 4.21. The molecule has 2 unspecified atom stereocenters. The normalized spacial score (nSPS) is 19.9. The minimum atomic E-state index is -0.0953. The number of nitrogens with two attached hydrogens (primary N) is 1. The molecule has 1 aliphatic rings. The lowest BCUT2D eigenvalue weighted by molar-refractivity contribution is -0.119. The third-order valence-electron chi connectivity index (χ3n) is 4.22. The van der Waals surface area contributed by atoms with Crippen molar-refractivity contribution in [2.75, 3.05) is 10.6 Å². The predicted octanol–water partition coefficient (Wildman–Crippen LogP) is 3.00. The van der Waals surface area contributed by atoms with Gasteiger partial charge in [0, 0.05) is 16.8 Å². The first kappa shape index (κ1) is 16.7. The van der Waals surface area contributed by atoms with Crippen LogP contribution < -0.4 is 16.4 Å². The van der Waals surface area contributed by atoms with E-state index in [2.05, 4.69) is 10.6 Å². The van der Waals surface area contributed by atoms with Crippen LogP contribution >= 0.6 is 11.3 Å². The lowest BCUT2D eigenvalue weighted by Crippen LogP contribution is -2.24. The first-order valence-electron chi connectivity index (χ1n) is 8.09. The fourth-order valence-corrected chi connectivity index (χ4v) is 3.66. The number of para-hydroxylation sites is 2. The van der Waals surface area contributed by atoms with Gasteiger partial charge in [-0.2, -0.15) is 0 Å². The van der Waals surface area contributed by atoms with Gasteiger partial charge in [0.2, 0.25) is 11.8 Å². The summed E-state index contributed by atoms with van der Waals surface area (Å²) in [6, 6.07) is 11.2. The van der Waals surface area contributed by atoms with Crippen molar-refractivity contribution in [1.82, 2.24) is 0 Å². The van der Waals surface area contributed by atoms with Crippen LogP contribution in [0, 0.1) is 5.92 Å². The Hall–Kier alpha value is -2.18. The van der Waals surface area contributed by atoms with Crippen LogP contribution in [0.25, 0.3) is 0 Å². The van der Waals surface area contributed by atoms with Crippen molar-refractivity contribution in [3.63, 3.8) is 0 Å². The Balaban J connectivity index is 1.64. The zero-order valence-corrected chi connectivity index (χ0v) is 14.1. The molecule has 2 aromatic rings. The second kappa shape index (κ2) is 7.59. The summed E-state index contributed by atoms with van der Waals surface area (Å²) >= 11 is 1.55. The van der Waals surface area contributed by atoms with Crippen molar-refractivity contribution >= 4 is 34.5 Å². The Bertz CT molecular complexity index is 715. The molecule has 1 fully saturated rings. The summed E-state index contributed by atoms with van der Waals surface area (Å²) in [5.41, 5.74) is 7.13. The van der Waals surface area contributed by atoms with Crippen LogP contribution in [0.1, 0.15) is 24.1 Å². The van der Waals surface area contributed by atoms with Crippen molar-refractivity contribution in [2.24, 2.45) is 11.7 Å². The lowest BCUT2D eigenvalue weighted by atomic mass is 10.1. The fraction of sp³-hybridized carbons (Fsp3) is 0.333. The van der Waals surface area contributed by atoms with E-state index < -0.39 is 0 Å². The summed E-state index contributed by atoms with van der Waals surface area (Å²) in [6.07, 6.45) is 2.76. The third-order valence-corrected chi connectivity index (χ3v) is 5.09. The van der Waals surface area contributed by atoms with Crippen LogP contribution in [0.4, 0.5) is 11.4 Å². The van der Waals surface area contributed by atoms with Gasteiger partial charge in [-0.1, -0.05) is 18.2 Å². The van der Waals surface area contributed by atoms with E-state index in [-0.39, 0.29) is 23.8 Å². The van der Waals surface area contributed by atoms with Gasteiger partial charge < -0.3 is 16.4 Å². The standard InChI is InChI=1S/C18H21N3O2S/c19-13-8-7-12(10-13)18(23)21-16-6-2-1-5-15(16)20-17(22)11-14-4-3-9-24-14/h1-6,9,12-13H,7-8,10-11,19H2,(H,20,22)(H,21,23). The van der Waals surface area contributed by atoms with Gasteiger partial charge in [-0.25, -0.2) is 0 Å². The molecule has 1 aromatic carbocycles. The Morgan fingerprint density at radius 1 is 1.08 bits per heavy atom. The minimum absolute atomic E-state index is 0.0251. The number of amides is 2. The van der Waals surface area contributed by atoms with Crippen LogP contribution in [0.3, 0.4) is 0 Å². The summed E-state index contributed by atoms with van der Waals surface area (Å²) in [5, 5.41) is 7.76. The highest BCUT2D eigenvalue weighted by Gasteiger charge is 2.28. The summed E-state index contributed by atoms with van der Waals surface area (Å²) in [6.45, 7) is 0. The van der Waals surface area contributed by atoms with E-state index in [4.69, 9.17) is 5.73 Å². The Labute approximate surface area is 145 Å². The number of benzene rings is 1. The van der Waals surface area contributed by atoms with E-state index in [0.29, 0.717) is 17.8 Å². The smallest absolute Gasteiger partial charge is 0.229 e. The molecule has 5 nitrogen and oxygen atoms in total.